The highest BCUT2D eigenvalue weighted by Gasteiger charge is 2.24. The van der Waals surface area contributed by atoms with Gasteiger partial charge < -0.3 is 9.72 Å². The van der Waals surface area contributed by atoms with Crippen LogP contribution in [0.3, 0.4) is 0 Å². The molecule has 0 spiro atoms. The van der Waals surface area contributed by atoms with Crippen molar-refractivity contribution in [2.45, 2.75) is 0 Å². The number of nitrogens with zero attached hydrogens (tertiary/aromatic N) is 2. The fraction of sp³-hybridized carbons (Fsp3) is 0.0667. The number of aromatic nitrogens is 1. The molecule has 0 aliphatic carbocycles. The lowest BCUT2D eigenvalue weighted by Crippen LogP contribution is -2.19. The van der Waals surface area contributed by atoms with Crippen LogP contribution in [-0.2, 0) is 14.3 Å². The molecule has 1 aliphatic rings. The summed E-state index contributed by atoms with van der Waals surface area (Å²) in [4.78, 5) is 26.0. The zero-order valence-electron chi connectivity index (χ0n) is 12.4. The van der Waals surface area contributed by atoms with Gasteiger partial charge in [-0.3, -0.25) is 10.1 Å². The molecule has 122 valence electrons. The van der Waals surface area contributed by atoms with E-state index < -0.39 is 11.9 Å². The van der Waals surface area contributed by atoms with Gasteiger partial charge in [-0.15, -0.1) is 5.10 Å². The van der Waals surface area contributed by atoms with E-state index in [1.165, 1.54) is 25.5 Å². The van der Waals surface area contributed by atoms with E-state index in [4.69, 9.17) is 0 Å². The maximum Gasteiger partial charge on any atom is 0.331 e. The number of H-pyrrole nitrogens is 1. The van der Waals surface area contributed by atoms with Crippen LogP contribution in [-0.4, -0.2) is 35.4 Å². The van der Waals surface area contributed by atoms with Gasteiger partial charge in [-0.1, -0.05) is 0 Å². The molecule has 24 heavy (non-hydrogen) atoms. The van der Waals surface area contributed by atoms with Crippen LogP contribution in [0.1, 0.15) is 5.56 Å². The number of methoxy groups -OCH3 is 1. The summed E-state index contributed by atoms with van der Waals surface area (Å²) in [7, 11) is 1.22. The summed E-state index contributed by atoms with van der Waals surface area (Å²) in [5.41, 5.74) is 1.26. The van der Waals surface area contributed by atoms with Gasteiger partial charge in [-0.05, 0) is 30.0 Å². The number of amidine groups is 1. The van der Waals surface area contributed by atoms with E-state index in [2.05, 4.69) is 25.2 Å². The Morgan fingerprint density at radius 3 is 3.04 bits per heavy atom. The second-order valence-electron chi connectivity index (χ2n) is 4.67. The zero-order valence-corrected chi connectivity index (χ0v) is 13.2. The van der Waals surface area contributed by atoms with Crippen molar-refractivity contribution in [2.24, 2.45) is 10.2 Å². The lowest BCUT2D eigenvalue weighted by molar-refractivity contribution is -0.135. The number of thioether (sulfide) groups is 1. The highest BCUT2D eigenvalue weighted by molar-refractivity contribution is 8.18. The molecule has 1 aromatic heterocycles. The molecule has 1 saturated heterocycles. The van der Waals surface area contributed by atoms with Gasteiger partial charge in [0.2, 0.25) is 0 Å². The van der Waals surface area contributed by atoms with Gasteiger partial charge in [-0.25, -0.2) is 9.18 Å². The number of hydrogen-bond donors (Lipinski definition) is 2. The van der Waals surface area contributed by atoms with Crippen molar-refractivity contribution in [3.05, 3.63) is 46.8 Å². The van der Waals surface area contributed by atoms with E-state index in [0.717, 1.165) is 28.7 Å². The standard InChI is InChI=1S/C15H11FN4O3S/c1-23-12(21)6-11-14(22)19-15(24-11)20-18-7-9-5-10(16)4-8-2-3-17-13(8)9/h2-7,17H,1H3,(H,19,20,22)/b11-6+,18-7?. The minimum atomic E-state index is -0.633. The van der Waals surface area contributed by atoms with Crippen LogP contribution < -0.4 is 5.32 Å². The Hall–Kier alpha value is -2.94. The Bertz CT molecular complexity index is 917. The maximum atomic E-state index is 13.5. The molecule has 3 rings (SSSR count). The number of carbonyl (C=O) groups is 2. The highest BCUT2D eigenvalue weighted by Crippen LogP contribution is 2.23. The normalized spacial score (nSPS) is 18.0. The molecule has 0 unspecified atom stereocenters. The molecule has 0 atom stereocenters. The first-order valence-corrected chi connectivity index (χ1v) is 7.55. The Labute approximate surface area is 139 Å². The fourth-order valence-corrected chi connectivity index (χ4v) is 2.79. The predicted octanol–water partition coefficient (Wildman–Crippen LogP) is 1.92. The summed E-state index contributed by atoms with van der Waals surface area (Å²) in [6.07, 6.45) is 4.15. The second-order valence-corrected chi connectivity index (χ2v) is 5.71. The van der Waals surface area contributed by atoms with Crippen LogP contribution in [0, 0.1) is 5.82 Å². The Balaban J connectivity index is 1.79. The molecule has 2 aromatic rings. The largest absolute Gasteiger partial charge is 0.466 e. The van der Waals surface area contributed by atoms with Crippen molar-refractivity contribution in [2.75, 3.05) is 7.11 Å². The summed E-state index contributed by atoms with van der Waals surface area (Å²) in [5, 5.41) is 11.1. The molecule has 2 N–H and O–H groups in total. The van der Waals surface area contributed by atoms with Gasteiger partial charge in [0.25, 0.3) is 5.91 Å². The van der Waals surface area contributed by atoms with Crippen molar-refractivity contribution >= 4 is 45.9 Å². The molecule has 1 aliphatic heterocycles. The number of fused-ring (bicyclic) bond motifs is 1. The van der Waals surface area contributed by atoms with Gasteiger partial charge in [0.05, 0.1) is 23.7 Å². The summed E-state index contributed by atoms with van der Waals surface area (Å²) >= 11 is 0.960. The number of nitrogens with one attached hydrogen (secondary N) is 2. The van der Waals surface area contributed by atoms with Crippen LogP contribution in [0.5, 0.6) is 0 Å². The van der Waals surface area contributed by atoms with E-state index in [0.29, 0.717) is 5.56 Å². The third-order valence-electron chi connectivity index (χ3n) is 3.10. The molecule has 1 amide bonds. The molecule has 1 aromatic carbocycles. The third-order valence-corrected chi connectivity index (χ3v) is 4.00. The van der Waals surface area contributed by atoms with Gasteiger partial charge in [-0.2, -0.15) is 5.10 Å². The quantitative estimate of drug-likeness (QED) is 0.384. The predicted molar refractivity (Wildman–Crippen MR) is 89.1 cm³/mol. The lowest BCUT2D eigenvalue weighted by Gasteiger charge is -1.97. The van der Waals surface area contributed by atoms with Crippen molar-refractivity contribution < 1.29 is 18.7 Å². The smallest absolute Gasteiger partial charge is 0.331 e. The molecular formula is C15H11FN4O3S. The van der Waals surface area contributed by atoms with Gasteiger partial charge in [0.1, 0.15) is 5.82 Å². The van der Waals surface area contributed by atoms with Crippen molar-refractivity contribution in [1.82, 2.24) is 10.3 Å². The van der Waals surface area contributed by atoms with Crippen molar-refractivity contribution in [1.29, 1.82) is 0 Å². The number of carbonyl (C=O) groups excluding carboxylic acids is 2. The van der Waals surface area contributed by atoms with Crippen LogP contribution in [0.2, 0.25) is 0 Å². The zero-order chi connectivity index (χ0) is 17.1. The van der Waals surface area contributed by atoms with Crippen LogP contribution in [0.15, 0.2) is 45.6 Å². The molecule has 7 nitrogen and oxygen atoms in total. The molecule has 0 saturated carbocycles. The Morgan fingerprint density at radius 1 is 1.42 bits per heavy atom. The molecule has 0 bridgehead atoms. The van der Waals surface area contributed by atoms with E-state index in [1.54, 1.807) is 12.3 Å². The average Bonchev–Trinajstić information content (AvgIpc) is 3.14. The molecular weight excluding hydrogens is 335 g/mol. The first kappa shape index (κ1) is 15.9. The van der Waals surface area contributed by atoms with Gasteiger partial charge in [0.15, 0.2) is 5.17 Å². The Morgan fingerprint density at radius 2 is 2.25 bits per heavy atom. The lowest BCUT2D eigenvalue weighted by atomic mass is 10.1. The SMILES string of the molecule is COC(=O)/C=C1/S/C(=N\N=Cc2cc(F)cc3cc[nH]c23)NC1=O. The van der Waals surface area contributed by atoms with Crippen LogP contribution in [0.25, 0.3) is 10.9 Å². The van der Waals surface area contributed by atoms with Crippen molar-refractivity contribution in [3.8, 4) is 0 Å². The van der Waals surface area contributed by atoms with Crippen LogP contribution >= 0.6 is 11.8 Å². The number of benzene rings is 1. The summed E-state index contributed by atoms with van der Waals surface area (Å²) in [6.45, 7) is 0. The number of hydrogen-bond acceptors (Lipinski definition) is 6. The number of ether oxygens (including phenoxy) is 1. The Kier molecular flexibility index (Phi) is 4.43. The van der Waals surface area contributed by atoms with Crippen LogP contribution in [0.4, 0.5) is 4.39 Å². The highest BCUT2D eigenvalue weighted by atomic mass is 32.2. The minimum Gasteiger partial charge on any atom is -0.466 e. The summed E-state index contributed by atoms with van der Waals surface area (Å²) in [6, 6.07) is 4.48. The molecule has 2 heterocycles. The van der Waals surface area contributed by atoms with Gasteiger partial charge in [0, 0.05) is 23.2 Å². The topological polar surface area (TPSA) is 95.9 Å². The van der Waals surface area contributed by atoms with Gasteiger partial charge >= 0.3 is 5.97 Å². The van der Waals surface area contributed by atoms with E-state index in [1.807, 2.05) is 0 Å². The number of aromatic amines is 1. The average molecular weight is 346 g/mol. The fourth-order valence-electron chi connectivity index (χ4n) is 2.05. The van der Waals surface area contributed by atoms with Crippen molar-refractivity contribution in [3.63, 3.8) is 0 Å². The molecule has 9 heteroatoms. The monoisotopic (exact) mass is 346 g/mol. The third kappa shape index (κ3) is 3.35. The van der Waals surface area contributed by atoms with E-state index in [-0.39, 0.29) is 15.9 Å². The first-order chi connectivity index (χ1) is 11.6. The number of halogens is 1. The molecule has 0 radical (unpaired) electrons. The molecule has 1 fully saturated rings. The first-order valence-electron chi connectivity index (χ1n) is 6.73. The minimum absolute atomic E-state index is 0.160. The number of amides is 1. The number of rotatable bonds is 3. The summed E-state index contributed by atoms with van der Waals surface area (Å²) in [5.74, 6) is -1.48. The second kappa shape index (κ2) is 6.67. The van der Waals surface area contributed by atoms with E-state index >= 15 is 0 Å². The summed E-state index contributed by atoms with van der Waals surface area (Å²) < 4.78 is 18.0. The van der Waals surface area contributed by atoms with E-state index in [9.17, 15) is 14.0 Å². The maximum absolute atomic E-state index is 13.5. The number of esters is 1.